The van der Waals surface area contributed by atoms with E-state index in [2.05, 4.69) is 10.6 Å². The highest BCUT2D eigenvalue weighted by Crippen LogP contribution is 2.24. The van der Waals surface area contributed by atoms with Gasteiger partial charge in [0, 0.05) is 12.6 Å². The molecule has 1 aromatic rings. The molecule has 1 unspecified atom stereocenters. The van der Waals surface area contributed by atoms with Gasteiger partial charge in [0.15, 0.2) is 6.61 Å². The largest absolute Gasteiger partial charge is 0.482 e. The maximum absolute atomic E-state index is 12.8. The number of amides is 1. The van der Waals surface area contributed by atoms with Gasteiger partial charge in [0.1, 0.15) is 11.6 Å². The van der Waals surface area contributed by atoms with Gasteiger partial charge in [-0.1, -0.05) is 11.6 Å². The van der Waals surface area contributed by atoms with Crippen molar-refractivity contribution in [2.75, 3.05) is 20.2 Å². The summed E-state index contributed by atoms with van der Waals surface area (Å²) in [5.74, 6) is -0.410. The van der Waals surface area contributed by atoms with Crippen molar-refractivity contribution in [1.82, 2.24) is 10.6 Å². The van der Waals surface area contributed by atoms with Crippen LogP contribution in [0.5, 0.6) is 5.75 Å². The van der Waals surface area contributed by atoms with E-state index in [4.69, 9.17) is 16.3 Å². The van der Waals surface area contributed by atoms with Crippen LogP contribution in [0.15, 0.2) is 18.2 Å². The first-order valence-electron chi connectivity index (χ1n) is 5.54. The third-order valence-electron chi connectivity index (χ3n) is 2.35. The van der Waals surface area contributed by atoms with Crippen LogP contribution in [0.3, 0.4) is 0 Å². The summed E-state index contributed by atoms with van der Waals surface area (Å²) in [6.45, 7) is 2.30. The average Bonchev–Trinajstić information content (AvgIpc) is 2.34. The molecule has 2 N–H and O–H groups in total. The Kier molecular flexibility index (Phi) is 5.88. The molecule has 0 aromatic heterocycles. The maximum atomic E-state index is 12.8. The van der Waals surface area contributed by atoms with Crippen molar-refractivity contribution < 1.29 is 13.9 Å². The lowest BCUT2D eigenvalue weighted by molar-refractivity contribution is -0.123. The lowest BCUT2D eigenvalue weighted by Crippen LogP contribution is -2.39. The van der Waals surface area contributed by atoms with Crippen LogP contribution in [0.4, 0.5) is 4.39 Å². The fraction of sp³-hybridized carbons (Fsp3) is 0.417. The molecule has 0 saturated heterocycles. The highest BCUT2D eigenvalue weighted by atomic mass is 35.5. The molecule has 4 nitrogen and oxygen atoms in total. The summed E-state index contributed by atoms with van der Waals surface area (Å²) in [5.41, 5.74) is 0. The molecule has 100 valence electrons. The lowest BCUT2D eigenvalue weighted by Gasteiger charge is -2.12. The van der Waals surface area contributed by atoms with Crippen molar-refractivity contribution in [1.29, 1.82) is 0 Å². The van der Waals surface area contributed by atoms with E-state index in [1.54, 1.807) is 0 Å². The Morgan fingerprint density at radius 1 is 1.56 bits per heavy atom. The highest BCUT2D eigenvalue weighted by molar-refractivity contribution is 6.32. The number of nitrogens with one attached hydrogen (secondary N) is 2. The van der Waals surface area contributed by atoms with Crippen LogP contribution in [-0.4, -0.2) is 32.1 Å². The Hall–Kier alpha value is -1.33. The molecule has 0 bridgehead atoms. The van der Waals surface area contributed by atoms with Gasteiger partial charge in [0.2, 0.25) is 0 Å². The molecule has 0 saturated carbocycles. The number of benzene rings is 1. The van der Waals surface area contributed by atoms with E-state index in [9.17, 15) is 9.18 Å². The normalized spacial score (nSPS) is 12.0. The summed E-state index contributed by atoms with van der Waals surface area (Å²) >= 11 is 5.76. The summed E-state index contributed by atoms with van der Waals surface area (Å²) in [4.78, 5) is 11.4. The van der Waals surface area contributed by atoms with E-state index >= 15 is 0 Å². The second-order valence-corrected chi connectivity index (χ2v) is 4.26. The van der Waals surface area contributed by atoms with Crippen LogP contribution in [0, 0.1) is 5.82 Å². The van der Waals surface area contributed by atoms with Gasteiger partial charge >= 0.3 is 0 Å². The van der Waals surface area contributed by atoms with Gasteiger partial charge in [-0.3, -0.25) is 4.79 Å². The number of likely N-dealkylation sites (N-methyl/N-ethyl adjacent to an activating group) is 1. The minimum Gasteiger partial charge on any atom is -0.482 e. The molecule has 1 rings (SSSR count). The first-order valence-corrected chi connectivity index (χ1v) is 5.92. The van der Waals surface area contributed by atoms with E-state index in [1.165, 1.54) is 12.1 Å². The topological polar surface area (TPSA) is 50.4 Å². The van der Waals surface area contributed by atoms with Crippen molar-refractivity contribution in [2.24, 2.45) is 0 Å². The molecule has 0 fully saturated rings. The Bertz CT molecular complexity index is 415. The van der Waals surface area contributed by atoms with Gasteiger partial charge in [-0.05, 0) is 32.2 Å². The highest BCUT2D eigenvalue weighted by Gasteiger charge is 2.07. The zero-order chi connectivity index (χ0) is 13.5. The third-order valence-corrected chi connectivity index (χ3v) is 2.65. The van der Waals surface area contributed by atoms with Crippen molar-refractivity contribution in [3.8, 4) is 5.75 Å². The first-order chi connectivity index (χ1) is 8.52. The molecule has 0 aliphatic heterocycles. The molecule has 0 aliphatic rings. The predicted molar refractivity (Wildman–Crippen MR) is 68.4 cm³/mol. The van der Waals surface area contributed by atoms with Crippen LogP contribution in [0.1, 0.15) is 6.92 Å². The predicted octanol–water partition coefficient (Wildman–Crippen LogP) is 1.58. The Balaban J connectivity index is 2.38. The smallest absolute Gasteiger partial charge is 0.257 e. The quantitative estimate of drug-likeness (QED) is 0.828. The Labute approximate surface area is 110 Å². The van der Waals surface area contributed by atoms with Crippen LogP contribution < -0.4 is 15.4 Å². The first kappa shape index (κ1) is 14.7. The molecule has 0 heterocycles. The molecular weight excluding hydrogens is 259 g/mol. The van der Waals surface area contributed by atoms with E-state index in [-0.39, 0.29) is 29.3 Å². The van der Waals surface area contributed by atoms with Gasteiger partial charge in [-0.15, -0.1) is 0 Å². The van der Waals surface area contributed by atoms with E-state index in [0.29, 0.717) is 6.54 Å². The fourth-order valence-electron chi connectivity index (χ4n) is 1.16. The third kappa shape index (κ3) is 4.89. The fourth-order valence-corrected chi connectivity index (χ4v) is 1.38. The number of hydrogen-bond acceptors (Lipinski definition) is 3. The number of rotatable bonds is 6. The number of carbonyl (C=O) groups is 1. The summed E-state index contributed by atoms with van der Waals surface area (Å²) in [7, 11) is 1.81. The SMILES string of the molecule is CNC(C)CNC(=O)COc1ccc(F)cc1Cl. The van der Waals surface area contributed by atoms with E-state index in [0.717, 1.165) is 6.07 Å². The van der Waals surface area contributed by atoms with Crippen LogP contribution in [-0.2, 0) is 4.79 Å². The number of ether oxygens (including phenoxy) is 1. The summed E-state index contributed by atoms with van der Waals surface area (Å²) in [6.07, 6.45) is 0. The van der Waals surface area contributed by atoms with E-state index in [1.807, 2.05) is 14.0 Å². The standard InChI is InChI=1S/C12H16ClFN2O2/c1-8(15-2)6-16-12(17)7-18-11-4-3-9(14)5-10(11)13/h3-5,8,15H,6-7H2,1-2H3,(H,16,17). The summed E-state index contributed by atoms with van der Waals surface area (Å²) in [5, 5.41) is 5.83. The minimum atomic E-state index is -0.445. The van der Waals surface area contributed by atoms with Crippen LogP contribution in [0.25, 0.3) is 0 Å². The van der Waals surface area contributed by atoms with Crippen LogP contribution >= 0.6 is 11.6 Å². The molecule has 18 heavy (non-hydrogen) atoms. The monoisotopic (exact) mass is 274 g/mol. The van der Waals surface area contributed by atoms with Crippen LogP contribution in [0.2, 0.25) is 5.02 Å². The Morgan fingerprint density at radius 3 is 2.89 bits per heavy atom. The van der Waals surface area contributed by atoms with Gasteiger partial charge in [0.25, 0.3) is 5.91 Å². The molecule has 1 atom stereocenters. The number of halogens is 2. The second kappa shape index (κ2) is 7.18. The van der Waals surface area contributed by atoms with Gasteiger partial charge in [0.05, 0.1) is 5.02 Å². The molecule has 1 amide bonds. The average molecular weight is 275 g/mol. The van der Waals surface area contributed by atoms with E-state index < -0.39 is 5.82 Å². The summed E-state index contributed by atoms with van der Waals surface area (Å²) in [6, 6.07) is 3.93. The summed E-state index contributed by atoms with van der Waals surface area (Å²) < 4.78 is 18.0. The number of hydrogen-bond donors (Lipinski definition) is 2. The maximum Gasteiger partial charge on any atom is 0.257 e. The minimum absolute atomic E-state index is 0.145. The van der Waals surface area contributed by atoms with Crippen molar-refractivity contribution >= 4 is 17.5 Å². The zero-order valence-electron chi connectivity index (χ0n) is 10.3. The van der Waals surface area contributed by atoms with Crippen molar-refractivity contribution in [2.45, 2.75) is 13.0 Å². The van der Waals surface area contributed by atoms with Gasteiger partial charge in [-0.25, -0.2) is 4.39 Å². The molecule has 0 spiro atoms. The molecule has 1 aromatic carbocycles. The van der Waals surface area contributed by atoms with Crippen molar-refractivity contribution in [3.63, 3.8) is 0 Å². The lowest BCUT2D eigenvalue weighted by atomic mass is 10.3. The van der Waals surface area contributed by atoms with Gasteiger partial charge < -0.3 is 15.4 Å². The van der Waals surface area contributed by atoms with Gasteiger partial charge in [-0.2, -0.15) is 0 Å². The molecular formula is C12H16ClFN2O2. The zero-order valence-corrected chi connectivity index (χ0v) is 11.1. The second-order valence-electron chi connectivity index (χ2n) is 3.86. The van der Waals surface area contributed by atoms with Crippen molar-refractivity contribution in [3.05, 3.63) is 29.0 Å². The Morgan fingerprint density at radius 2 is 2.28 bits per heavy atom. The molecule has 6 heteroatoms. The molecule has 0 aliphatic carbocycles. The number of carbonyl (C=O) groups excluding carboxylic acids is 1. The molecule has 0 radical (unpaired) electrons.